The summed E-state index contributed by atoms with van der Waals surface area (Å²) < 4.78 is 7.27. The van der Waals surface area contributed by atoms with E-state index in [0.717, 1.165) is 17.8 Å². The first kappa shape index (κ1) is 17.1. The summed E-state index contributed by atoms with van der Waals surface area (Å²) in [5.74, 6) is 1.35. The van der Waals surface area contributed by atoms with E-state index >= 15 is 0 Å². The zero-order valence-electron chi connectivity index (χ0n) is 14.2. The number of ether oxygens (including phenoxy) is 1. The van der Waals surface area contributed by atoms with Crippen LogP contribution in [0.4, 0.5) is 0 Å². The Balaban J connectivity index is 2.10. The van der Waals surface area contributed by atoms with Gasteiger partial charge in [0.15, 0.2) is 5.82 Å². The molecule has 23 heavy (non-hydrogen) atoms. The third-order valence-corrected chi connectivity index (χ3v) is 3.60. The summed E-state index contributed by atoms with van der Waals surface area (Å²) in [6.45, 7) is 7.00. The number of aryl methyl sites for hydroxylation is 2. The van der Waals surface area contributed by atoms with Gasteiger partial charge in [0.2, 0.25) is 0 Å². The van der Waals surface area contributed by atoms with E-state index in [1.165, 1.54) is 0 Å². The number of hydrogen-bond acceptors (Lipinski definition) is 4. The first-order valence-corrected chi connectivity index (χ1v) is 7.93. The van der Waals surface area contributed by atoms with Crippen molar-refractivity contribution >= 4 is 5.91 Å². The Kier molecular flexibility index (Phi) is 5.87. The molecule has 1 aromatic carbocycles. The van der Waals surface area contributed by atoms with Gasteiger partial charge in [-0.2, -0.15) is 5.10 Å². The summed E-state index contributed by atoms with van der Waals surface area (Å²) >= 11 is 0. The van der Waals surface area contributed by atoms with Crippen molar-refractivity contribution in [2.75, 3.05) is 13.2 Å². The maximum absolute atomic E-state index is 12.3. The van der Waals surface area contributed by atoms with E-state index in [4.69, 9.17) is 4.74 Å². The lowest BCUT2D eigenvalue weighted by molar-refractivity contribution is 0.0569. The van der Waals surface area contributed by atoms with E-state index in [1.807, 2.05) is 46.0 Å². The molecule has 0 bridgehead atoms. The molecule has 0 spiro atoms. The van der Waals surface area contributed by atoms with Crippen molar-refractivity contribution in [3.63, 3.8) is 0 Å². The van der Waals surface area contributed by atoms with E-state index in [2.05, 4.69) is 15.4 Å². The van der Waals surface area contributed by atoms with Crippen LogP contribution in [0.2, 0.25) is 0 Å². The number of nitrogens with one attached hydrogen (secondary N) is 1. The van der Waals surface area contributed by atoms with Crippen LogP contribution in [-0.4, -0.2) is 39.9 Å². The Labute approximate surface area is 136 Å². The van der Waals surface area contributed by atoms with Gasteiger partial charge in [0, 0.05) is 31.3 Å². The van der Waals surface area contributed by atoms with Crippen LogP contribution in [0.3, 0.4) is 0 Å². The van der Waals surface area contributed by atoms with E-state index < -0.39 is 0 Å². The van der Waals surface area contributed by atoms with Crippen molar-refractivity contribution in [2.45, 2.75) is 33.3 Å². The highest BCUT2D eigenvalue weighted by Gasteiger charge is 2.12. The Morgan fingerprint density at radius 3 is 2.78 bits per heavy atom. The lowest BCUT2D eigenvalue weighted by atomic mass is 10.1. The van der Waals surface area contributed by atoms with Gasteiger partial charge in [-0.15, -0.1) is 0 Å². The highest BCUT2D eigenvalue weighted by molar-refractivity contribution is 5.95. The fourth-order valence-electron chi connectivity index (χ4n) is 2.43. The minimum absolute atomic E-state index is 0.0496. The molecule has 2 rings (SSSR count). The van der Waals surface area contributed by atoms with Crippen LogP contribution in [0.25, 0.3) is 11.4 Å². The Hall–Kier alpha value is -2.21. The van der Waals surface area contributed by atoms with Crippen LogP contribution < -0.4 is 5.32 Å². The van der Waals surface area contributed by atoms with Gasteiger partial charge >= 0.3 is 0 Å². The standard InChI is InChI=1S/C17H24N4O2/c1-5-15(23-6-2)11-18-17(22)14-9-7-8-13(10-14)16-19-12(3)20-21(16)4/h7-10,15H,5-6,11H2,1-4H3,(H,18,22). The number of hydrogen-bond donors (Lipinski definition) is 1. The van der Waals surface area contributed by atoms with E-state index in [-0.39, 0.29) is 12.0 Å². The molecule has 1 atom stereocenters. The smallest absolute Gasteiger partial charge is 0.251 e. The van der Waals surface area contributed by atoms with Crippen LogP contribution in [-0.2, 0) is 11.8 Å². The molecule has 6 nitrogen and oxygen atoms in total. The van der Waals surface area contributed by atoms with E-state index in [0.29, 0.717) is 24.5 Å². The van der Waals surface area contributed by atoms with Gasteiger partial charge in [0.1, 0.15) is 5.82 Å². The van der Waals surface area contributed by atoms with Crippen molar-refractivity contribution in [1.82, 2.24) is 20.1 Å². The third-order valence-electron chi connectivity index (χ3n) is 3.60. The second kappa shape index (κ2) is 7.87. The Morgan fingerprint density at radius 1 is 1.39 bits per heavy atom. The van der Waals surface area contributed by atoms with Gasteiger partial charge in [-0.1, -0.05) is 19.1 Å². The highest BCUT2D eigenvalue weighted by Crippen LogP contribution is 2.18. The van der Waals surface area contributed by atoms with Crippen molar-refractivity contribution < 1.29 is 9.53 Å². The van der Waals surface area contributed by atoms with Crippen molar-refractivity contribution in [3.8, 4) is 11.4 Å². The monoisotopic (exact) mass is 316 g/mol. The maximum Gasteiger partial charge on any atom is 0.251 e. The average Bonchev–Trinajstić information content (AvgIpc) is 2.89. The number of nitrogens with zero attached hydrogens (tertiary/aromatic N) is 3. The minimum atomic E-state index is -0.108. The molecule has 2 aromatic rings. The fourth-order valence-corrected chi connectivity index (χ4v) is 2.43. The van der Waals surface area contributed by atoms with Crippen molar-refractivity contribution in [1.29, 1.82) is 0 Å². The molecule has 1 N–H and O–H groups in total. The molecule has 1 unspecified atom stereocenters. The van der Waals surface area contributed by atoms with Crippen molar-refractivity contribution in [3.05, 3.63) is 35.7 Å². The largest absolute Gasteiger partial charge is 0.377 e. The molecule has 0 saturated heterocycles. The number of rotatable bonds is 7. The number of benzene rings is 1. The summed E-state index contributed by atoms with van der Waals surface area (Å²) in [5.41, 5.74) is 1.48. The minimum Gasteiger partial charge on any atom is -0.377 e. The van der Waals surface area contributed by atoms with E-state index in [1.54, 1.807) is 10.7 Å². The van der Waals surface area contributed by atoms with Crippen molar-refractivity contribution in [2.24, 2.45) is 7.05 Å². The number of amides is 1. The number of aromatic nitrogens is 3. The highest BCUT2D eigenvalue weighted by atomic mass is 16.5. The van der Waals surface area contributed by atoms with Gasteiger partial charge in [-0.05, 0) is 32.4 Å². The summed E-state index contributed by atoms with van der Waals surface area (Å²) in [6.07, 6.45) is 0.917. The second-order valence-electron chi connectivity index (χ2n) is 5.38. The molecule has 0 aliphatic carbocycles. The quantitative estimate of drug-likeness (QED) is 0.851. The predicted molar refractivity (Wildman–Crippen MR) is 89.2 cm³/mol. The molecule has 0 aliphatic rings. The first-order valence-electron chi connectivity index (χ1n) is 7.93. The van der Waals surface area contributed by atoms with Crippen LogP contribution in [0.15, 0.2) is 24.3 Å². The molecule has 1 amide bonds. The normalized spacial score (nSPS) is 12.2. The molecular weight excluding hydrogens is 292 g/mol. The van der Waals surface area contributed by atoms with Gasteiger partial charge in [0.25, 0.3) is 5.91 Å². The predicted octanol–water partition coefficient (Wildman–Crippen LogP) is 2.34. The van der Waals surface area contributed by atoms with Crippen LogP contribution in [0.5, 0.6) is 0 Å². The number of carbonyl (C=O) groups is 1. The first-order chi connectivity index (χ1) is 11.0. The zero-order valence-corrected chi connectivity index (χ0v) is 14.2. The SMILES string of the molecule is CCOC(CC)CNC(=O)c1cccc(-c2nc(C)nn2C)c1. The zero-order chi connectivity index (χ0) is 16.8. The molecule has 1 heterocycles. The molecule has 6 heteroatoms. The molecule has 124 valence electrons. The van der Waals surface area contributed by atoms with Gasteiger partial charge in [0.05, 0.1) is 6.10 Å². The third kappa shape index (κ3) is 4.39. The molecule has 1 aromatic heterocycles. The summed E-state index contributed by atoms with van der Waals surface area (Å²) in [5, 5.41) is 7.17. The Bertz CT molecular complexity index is 666. The molecule has 0 saturated carbocycles. The van der Waals surface area contributed by atoms with E-state index in [9.17, 15) is 4.79 Å². The van der Waals surface area contributed by atoms with Crippen LogP contribution in [0, 0.1) is 6.92 Å². The van der Waals surface area contributed by atoms with Gasteiger partial charge in [-0.25, -0.2) is 9.67 Å². The number of carbonyl (C=O) groups excluding carboxylic acids is 1. The van der Waals surface area contributed by atoms with Crippen LogP contribution >= 0.6 is 0 Å². The second-order valence-corrected chi connectivity index (χ2v) is 5.38. The maximum atomic E-state index is 12.3. The average molecular weight is 316 g/mol. The molecule has 0 aliphatic heterocycles. The summed E-state index contributed by atoms with van der Waals surface area (Å²) in [7, 11) is 1.84. The molecule has 0 fully saturated rings. The van der Waals surface area contributed by atoms with Gasteiger partial charge < -0.3 is 10.1 Å². The fraction of sp³-hybridized carbons (Fsp3) is 0.471. The van der Waals surface area contributed by atoms with Crippen LogP contribution in [0.1, 0.15) is 36.5 Å². The summed E-state index contributed by atoms with van der Waals surface area (Å²) in [4.78, 5) is 16.7. The van der Waals surface area contributed by atoms with Gasteiger partial charge in [-0.3, -0.25) is 4.79 Å². The lowest BCUT2D eigenvalue weighted by Crippen LogP contribution is -2.33. The summed E-state index contributed by atoms with van der Waals surface area (Å²) in [6, 6.07) is 7.41. The molecule has 0 radical (unpaired) electrons. The lowest BCUT2D eigenvalue weighted by Gasteiger charge is -2.15. The Morgan fingerprint density at radius 2 is 2.17 bits per heavy atom. The molecular formula is C17H24N4O2. The topological polar surface area (TPSA) is 69.0 Å².